The van der Waals surface area contributed by atoms with E-state index in [1.165, 1.54) is 12.1 Å². The van der Waals surface area contributed by atoms with Crippen LogP contribution in [0.2, 0.25) is 0 Å². The van der Waals surface area contributed by atoms with Crippen LogP contribution in [0.4, 0.5) is 29.3 Å². The molecule has 1 aliphatic heterocycles. The quantitative estimate of drug-likeness (QED) is 0.618. The predicted molar refractivity (Wildman–Crippen MR) is 110 cm³/mol. The van der Waals surface area contributed by atoms with Crippen molar-refractivity contribution in [2.75, 3.05) is 17.2 Å². The number of hydrogen-bond acceptors (Lipinski definition) is 4. The maximum absolute atomic E-state index is 12.6. The average molecular weight is 420 g/mol. The van der Waals surface area contributed by atoms with Gasteiger partial charge in [0.05, 0.1) is 11.6 Å². The molecule has 160 valence electrons. The first-order valence-corrected chi connectivity index (χ1v) is 9.56. The predicted octanol–water partition coefficient (Wildman–Crippen LogP) is 4.95. The summed E-state index contributed by atoms with van der Waals surface area (Å²) in [6.45, 7) is 2.59. The number of rotatable bonds is 6. The smallest absolute Gasteiger partial charge is 0.416 e. The van der Waals surface area contributed by atoms with Crippen molar-refractivity contribution in [2.24, 2.45) is 10.7 Å². The van der Waals surface area contributed by atoms with Gasteiger partial charge in [-0.2, -0.15) is 13.2 Å². The van der Waals surface area contributed by atoms with E-state index in [2.05, 4.69) is 22.5 Å². The molecule has 0 aliphatic carbocycles. The van der Waals surface area contributed by atoms with Gasteiger partial charge in [0.1, 0.15) is 6.61 Å². The highest BCUT2D eigenvalue weighted by molar-refractivity contribution is 5.99. The second-order valence-electron chi connectivity index (χ2n) is 7.05. The number of urea groups is 1. The molecule has 3 rings (SSSR count). The van der Waals surface area contributed by atoms with Crippen molar-refractivity contribution in [2.45, 2.75) is 37.9 Å². The van der Waals surface area contributed by atoms with Crippen molar-refractivity contribution in [3.63, 3.8) is 0 Å². The van der Waals surface area contributed by atoms with E-state index < -0.39 is 17.8 Å². The number of halogens is 3. The van der Waals surface area contributed by atoms with E-state index in [1.807, 2.05) is 12.1 Å². The van der Waals surface area contributed by atoms with E-state index >= 15 is 0 Å². The Morgan fingerprint density at radius 1 is 1.13 bits per heavy atom. The molecule has 2 aromatic rings. The molecule has 0 radical (unpaired) electrons. The molecule has 6 nitrogen and oxygen atoms in total. The molecular weight excluding hydrogens is 397 g/mol. The van der Waals surface area contributed by atoms with Crippen molar-refractivity contribution in [1.82, 2.24) is 0 Å². The minimum absolute atomic E-state index is 0.0438. The molecule has 0 saturated heterocycles. The number of anilines is 2. The molecule has 1 heterocycles. The lowest BCUT2D eigenvalue weighted by atomic mass is 9.90. The lowest BCUT2D eigenvalue weighted by molar-refractivity contribution is -0.137. The number of aliphatic imine (C=N–C) groups is 1. The van der Waals surface area contributed by atoms with E-state index in [4.69, 9.17) is 10.5 Å². The summed E-state index contributed by atoms with van der Waals surface area (Å²) in [5.41, 5.74) is 6.75. The Balaban J connectivity index is 1.56. The fourth-order valence-electron chi connectivity index (χ4n) is 3.30. The molecule has 30 heavy (non-hydrogen) atoms. The van der Waals surface area contributed by atoms with E-state index in [1.54, 1.807) is 12.1 Å². The number of nitrogens with one attached hydrogen (secondary N) is 2. The highest BCUT2D eigenvalue weighted by atomic mass is 19.4. The van der Waals surface area contributed by atoms with Gasteiger partial charge in [-0.3, -0.25) is 0 Å². The molecule has 2 atom stereocenters. The zero-order chi connectivity index (χ0) is 21.7. The van der Waals surface area contributed by atoms with E-state index in [-0.39, 0.29) is 23.7 Å². The van der Waals surface area contributed by atoms with Gasteiger partial charge in [-0.15, -0.1) is 0 Å². The highest BCUT2D eigenvalue weighted by Gasteiger charge is 2.30. The number of carbonyl (C=O) groups excluding carboxylic acids is 1. The number of nitrogens with zero attached hydrogens (tertiary/aromatic N) is 1. The van der Waals surface area contributed by atoms with Gasteiger partial charge in [-0.25, -0.2) is 9.79 Å². The van der Waals surface area contributed by atoms with Crippen LogP contribution in [0, 0.1) is 0 Å². The fourth-order valence-corrected chi connectivity index (χ4v) is 3.30. The summed E-state index contributed by atoms with van der Waals surface area (Å²) in [5, 5.41) is 5.18. The van der Waals surface area contributed by atoms with Gasteiger partial charge >= 0.3 is 12.2 Å². The summed E-state index contributed by atoms with van der Waals surface area (Å²) in [4.78, 5) is 16.4. The molecule has 0 saturated carbocycles. The van der Waals surface area contributed by atoms with Gasteiger partial charge in [0.15, 0.2) is 0 Å². The second-order valence-corrected chi connectivity index (χ2v) is 7.05. The van der Waals surface area contributed by atoms with Crippen LogP contribution in [0.15, 0.2) is 53.5 Å². The van der Waals surface area contributed by atoms with Gasteiger partial charge in [0, 0.05) is 11.4 Å². The molecule has 0 aromatic heterocycles. The third kappa shape index (κ3) is 5.65. The Hall–Kier alpha value is -3.23. The first-order chi connectivity index (χ1) is 14.2. The molecule has 0 unspecified atom stereocenters. The minimum atomic E-state index is -4.41. The minimum Gasteiger partial charge on any atom is -0.463 e. The van der Waals surface area contributed by atoms with Crippen LogP contribution in [0.25, 0.3) is 0 Å². The first-order valence-electron chi connectivity index (χ1n) is 9.56. The summed E-state index contributed by atoms with van der Waals surface area (Å²) in [5.74, 6) is 0.281. The van der Waals surface area contributed by atoms with Crippen molar-refractivity contribution in [3.05, 3.63) is 59.7 Å². The number of carbonyl (C=O) groups is 1. The normalized spacial score (nSPS) is 17.1. The highest BCUT2D eigenvalue weighted by Crippen LogP contribution is 2.30. The van der Waals surface area contributed by atoms with Gasteiger partial charge in [-0.1, -0.05) is 19.1 Å². The van der Waals surface area contributed by atoms with Crippen LogP contribution in [0.1, 0.15) is 36.8 Å². The summed E-state index contributed by atoms with van der Waals surface area (Å²) >= 11 is 0. The second kappa shape index (κ2) is 9.06. The standard InChI is InChI=1S/C21H23F3N4O2/c1-2-13(11-18-12-30-19(25)26-18)14-3-7-16(8-4-14)27-20(29)28-17-9-5-15(6-10-17)21(22,23)24/h3-10,13,18H,2,11-12H2,1H3,(H2,25,26)(H2,27,28,29)/t13-,18-/m0/s1. The first kappa shape index (κ1) is 21.5. The fraction of sp³-hybridized carbons (Fsp3) is 0.333. The van der Waals surface area contributed by atoms with Crippen molar-refractivity contribution < 1.29 is 22.7 Å². The maximum atomic E-state index is 12.6. The number of amides is 2. The SMILES string of the molecule is CC[C@@H](C[C@H]1COC(N)=N1)c1ccc(NC(=O)Nc2ccc(C(F)(F)F)cc2)cc1. The number of amidine groups is 1. The van der Waals surface area contributed by atoms with Crippen LogP contribution in [-0.4, -0.2) is 24.7 Å². The van der Waals surface area contributed by atoms with Crippen LogP contribution in [0.3, 0.4) is 0 Å². The molecule has 2 amide bonds. The molecule has 9 heteroatoms. The zero-order valence-corrected chi connectivity index (χ0v) is 16.4. The topological polar surface area (TPSA) is 88.7 Å². The van der Waals surface area contributed by atoms with E-state index in [9.17, 15) is 18.0 Å². The molecule has 0 bridgehead atoms. The monoisotopic (exact) mass is 420 g/mol. The third-order valence-electron chi connectivity index (χ3n) is 4.89. The Labute approximate surface area is 172 Å². The number of nitrogens with two attached hydrogens (primary N) is 1. The lowest BCUT2D eigenvalue weighted by Crippen LogP contribution is -2.19. The van der Waals surface area contributed by atoms with Crippen molar-refractivity contribution in [3.8, 4) is 0 Å². The largest absolute Gasteiger partial charge is 0.463 e. The molecule has 0 fully saturated rings. The Morgan fingerprint density at radius 2 is 1.70 bits per heavy atom. The van der Waals surface area contributed by atoms with Gasteiger partial charge in [-0.05, 0) is 60.7 Å². The molecular formula is C21H23F3N4O2. The van der Waals surface area contributed by atoms with Gasteiger partial charge in [0.2, 0.25) is 0 Å². The molecule has 1 aliphatic rings. The number of ether oxygens (including phenoxy) is 1. The van der Waals surface area contributed by atoms with E-state index in [0.29, 0.717) is 12.3 Å². The number of alkyl halides is 3. The summed E-state index contributed by atoms with van der Waals surface area (Å²) in [6.07, 6.45) is -2.67. The average Bonchev–Trinajstić information content (AvgIpc) is 3.11. The van der Waals surface area contributed by atoms with Crippen molar-refractivity contribution in [1.29, 1.82) is 0 Å². The van der Waals surface area contributed by atoms with E-state index in [0.717, 1.165) is 30.5 Å². The van der Waals surface area contributed by atoms with Crippen LogP contribution < -0.4 is 16.4 Å². The zero-order valence-electron chi connectivity index (χ0n) is 16.4. The van der Waals surface area contributed by atoms with Gasteiger partial charge in [0.25, 0.3) is 6.02 Å². The molecule has 0 spiro atoms. The Bertz CT molecular complexity index is 896. The summed E-state index contributed by atoms with van der Waals surface area (Å²) < 4.78 is 43.0. The maximum Gasteiger partial charge on any atom is 0.416 e. The molecule has 2 aromatic carbocycles. The summed E-state index contributed by atoms with van der Waals surface area (Å²) in [7, 11) is 0. The molecule has 4 N–H and O–H groups in total. The van der Waals surface area contributed by atoms with Gasteiger partial charge < -0.3 is 21.1 Å². The third-order valence-corrected chi connectivity index (χ3v) is 4.89. The van der Waals surface area contributed by atoms with Crippen LogP contribution >= 0.6 is 0 Å². The lowest BCUT2D eigenvalue weighted by Gasteiger charge is -2.18. The Kier molecular flexibility index (Phi) is 6.49. The summed E-state index contributed by atoms with van der Waals surface area (Å²) in [6, 6.07) is 11.4. The van der Waals surface area contributed by atoms with Crippen LogP contribution in [0.5, 0.6) is 0 Å². The van der Waals surface area contributed by atoms with Crippen molar-refractivity contribution >= 4 is 23.4 Å². The Morgan fingerprint density at radius 3 is 2.17 bits per heavy atom. The van der Waals surface area contributed by atoms with Crippen LogP contribution in [-0.2, 0) is 10.9 Å². The number of benzene rings is 2. The number of hydrogen-bond donors (Lipinski definition) is 3.